The fourth-order valence-electron chi connectivity index (χ4n) is 1.97. The first kappa shape index (κ1) is 12.9. The molecule has 0 fully saturated rings. The summed E-state index contributed by atoms with van der Waals surface area (Å²) < 4.78 is 25.4. The molecule has 2 heterocycles. The largest absolute Gasteiger partial charge is 0.507 e. The molecular weight excluding hydrogens is 304 g/mol. The lowest BCUT2D eigenvalue weighted by atomic mass is 10.1. The Kier molecular flexibility index (Phi) is 2.70. The normalized spacial score (nSPS) is 17.1. The Labute approximate surface area is 118 Å². The highest BCUT2D eigenvalue weighted by atomic mass is 35.5. The average molecular weight is 311 g/mol. The number of nitrogens with zero attached hydrogens (tertiary/aromatic N) is 1. The molecule has 0 saturated carbocycles. The van der Waals surface area contributed by atoms with E-state index in [-0.39, 0.29) is 16.2 Å². The van der Waals surface area contributed by atoms with E-state index < -0.39 is 15.9 Å². The lowest BCUT2D eigenvalue weighted by Crippen LogP contribution is -2.22. The van der Waals surface area contributed by atoms with Crippen molar-refractivity contribution < 1.29 is 18.3 Å². The predicted molar refractivity (Wildman–Crippen MR) is 73.5 cm³/mol. The lowest BCUT2D eigenvalue weighted by Gasteiger charge is -2.07. The van der Waals surface area contributed by atoms with Crippen LogP contribution >= 0.6 is 11.6 Å². The van der Waals surface area contributed by atoms with Crippen molar-refractivity contribution in [2.24, 2.45) is 0 Å². The summed E-state index contributed by atoms with van der Waals surface area (Å²) in [7, 11) is -3.94. The zero-order chi connectivity index (χ0) is 14.5. The number of hydrogen-bond acceptors (Lipinski definition) is 5. The summed E-state index contributed by atoms with van der Waals surface area (Å²) in [5.41, 5.74) is 0.492. The lowest BCUT2D eigenvalue weighted by molar-refractivity contribution is -0.114. The first-order valence-electron chi connectivity index (χ1n) is 5.44. The van der Waals surface area contributed by atoms with Crippen LogP contribution in [0.1, 0.15) is 5.56 Å². The van der Waals surface area contributed by atoms with Crippen LogP contribution in [0.15, 0.2) is 30.5 Å². The van der Waals surface area contributed by atoms with Crippen LogP contribution in [0, 0.1) is 0 Å². The smallest absolute Gasteiger partial charge is 0.265 e. The first-order chi connectivity index (χ1) is 9.37. The Morgan fingerprint density at radius 3 is 2.65 bits per heavy atom. The molecule has 20 heavy (non-hydrogen) atoms. The van der Waals surface area contributed by atoms with Crippen molar-refractivity contribution >= 4 is 43.3 Å². The summed E-state index contributed by atoms with van der Waals surface area (Å²) in [6.07, 6.45) is 2.34. The summed E-state index contributed by atoms with van der Waals surface area (Å²) in [5, 5.41) is 10.9. The van der Waals surface area contributed by atoms with Gasteiger partial charge in [-0.1, -0.05) is 11.6 Å². The van der Waals surface area contributed by atoms with Crippen LogP contribution < -0.4 is 4.72 Å². The third-order valence-corrected chi connectivity index (χ3v) is 4.41. The maximum atomic E-state index is 11.8. The maximum absolute atomic E-state index is 11.8. The molecule has 0 spiro atoms. The standard InChI is InChI=1S/C12H7ClN2O4S/c13-7-1-6-2-8(10(16)3-9(6)14-5-7)11-4-12(17)15-20(11,18)19/h1-5,16H,(H,15,17). The number of halogens is 1. The third kappa shape index (κ3) is 2.00. The zero-order valence-electron chi connectivity index (χ0n) is 9.79. The number of carbonyl (C=O) groups excluding carboxylic acids is 1. The monoisotopic (exact) mass is 310 g/mol. The highest BCUT2D eigenvalue weighted by molar-refractivity contribution is 8.00. The van der Waals surface area contributed by atoms with E-state index in [0.29, 0.717) is 15.9 Å². The quantitative estimate of drug-likeness (QED) is 0.830. The van der Waals surface area contributed by atoms with Gasteiger partial charge in [0, 0.05) is 29.3 Å². The Bertz CT molecular complexity index is 890. The zero-order valence-corrected chi connectivity index (χ0v) is 11.4. The van der Waals surface area contributed by atoms with Gasteiger partial charge < -0.3 is 5.11 Å². The number of aromatic nitrogens is 1. The highest BCUT2D eigenvalue weighted by Gasteiger charge is 2.30. The molecule has 8 heteroatoms. The Morgan fingerprint density at radius 1 is 1.25 bits per heavy atom. The van der Waals surface area contributed by atoms with Crippen LogP contribution in [-0.4, -0.2) is 24.4 Å². The van der Waals surface area contributed by atoms with Gasteiger partial charge in [-0.25, -0.2) is 13.1 Å². The second kappa shape index (κ2) is 4.19. The molecule has 0 radical (unpaired) electrons. The summed E-state index contributed by atoms with van der Waals surface area (Å²) in [5.74, 6) is -1.03. The Balaban J connectivity index is 2.29. The first-order valence-corrected chi connectivity index (χ1v) is 7.30. The van der Waals surface area contributed by atoms with E-state index in [1.807, 2.05) is 4.72 Å². The number of rotatable bonds is 1. The number of fused-ring (bicyclic) bond motifs is 1. The molecular formula is C12H7ClN2O4S. The van der Waals surface area contributed by atoms with Gasteiger partial charge >= 0.3 is 0 Å². The number of pyridine rings is 1. The van der Waals surface area contributed by atoms with Crippen LogP contribution in [0.4, 0.5) is 0 Å². The van der Waals surface area contributed by atoms with E-state index in [1.165, 1.54) is 18.3 Å². The number of hydrogen-bond donors (Lipinski definition) is 2. The fourth-order valence-corrected chi connectivity index (χ4v) is 3.29. The molecule has 1 amide bonds. The van der Waals surface area contributed by atoms with Gasteiger partial charge in [-0.05, 0) is 12.1 Å². The van der Waals surface area contributed by atoms with Crippen LogP contribution in [0.25, 0.3) is 15.8 Å². The molecule has 1 aliphatic rings. The topological polar surface area (TPSA) is 96.4 Å². The van der Waals surface area contributed by atoms with Gasteiger partial charge in [-0.3, -0.25) is 9.78 Å². The molecule has 2 N–H and O–H groups in total. The minimum absolute atomic E-state index is 0.0277. The molecule has 0 unspecified atom stereocenters. The molecule has 3 rings (SSSR count). The van der Waals surface area contributed by atoms with Crippen LogP contribution in [0.5, 0.6) is 5.75 Å². The van der Waals surface area contributed by atoms with Crippen molar-refractivity contribution in [1.29, 1.82) is 0 Å². The average Bonchev–Trinajstić information content (AvgIpc) is 2.62. The van der Waals surface area contributed by atoms with Gasteiger partial charge in [0.1, 0.15) is 10.7 Å². The van der Waals surface area contributed by atoms with Crippen molar-refractivity contribution in [1.82, 2.24) is 9.71 Å². The number of carbonyl (C=O) groups is 1. The third-order valence-electron chi connectivity index (χ3n) is 2.82. The number of amides is 1. The van der Waals surface area contributed by atoms with Gasteiger partial charge in [-0.2, -0.15) is 0 Å². The molecule has 1 aliphatic heterocycles. The van der Waals surface area contributed by atoms with Crippen LogP contribution in [-0.2, 0) is 14.8 Å². The number of benzene rings is 1. The molecule has 0 aliphatic carbocycles. The highest BCUT2D eigenvalue weighted by Crippen LogP contribution is 2.34. The Hall–Kier alpha value is -2.12. The SMILES string of the molecule is O=C1C=C(c2cc3cc(Cl)cnc3cc2O)S(=O)(=O)N1. The van der Waals surface area contributed by atoms with Crippen molar-refractivity contribution in [2.45, 2.75) is 0 Å². The van der Waals surface area contributed by atoms with Gasteiger partial charge in [-0.15, -0.1) is 0 Å². The molecule has 0 atom stereocenters. The molecule has 102 valence electrons. The number of phenolic OH excluding ortho intramolecular Hbond substituents is 1. The van der Waals surface area contributed by atoms with E-state index in [9.17, 15) is 18.3 Å². The molecule has 0 saturated heterocycles. The summed E-state index contributed by atoms with van der Waals surface area (Å²) in [6.45, 7) is 0. The second-order valence-electron chi connectivity index (χ2n) is 4.19. The summed E-state index contributed by atoms with van der Waals surface area (Å²) >= 11 is 5.83. The van der Waals surface area contributed by atoms with E-state index >= 15 is 0 Å². The van der Waals surface area contributed by atoms with Crippen molar-refractivity contribution in [2.75, 3.05) is 0 Å². The molecule has 1 aromatic carbocycles. The van der Waals surface area contributed by atoms with Gasteiger partial charge in [0.2, 0.25) is 0 Å². The second-order valence-corrected chi connectivity index (χ2v) is 6.28. The van der Waals surface area contributed by atoms with E-state index in [0.717, 1.165) is 6.08 Å². The molecule has 0 bridgehead atoms. The molecule has 2 aromatic rings. The molecule has 1 aromatic heterocycles. The van der Waals surface area contributed by atoms with E-state index in [4.69, 9.17) is 11.6 Å². The van der Waals surface area contributed by atoms with Crippen LogP contribution in [0.3, 0.4) is 0 Å². The predicted octanol–water partition coefficient (Wildman–Crippen LogP) is 1.39. The van der Waals surface area contributed by atoms with Gasteiger partial charge in [0.15, 0.2) is 0 Å². The van der Waals surface area contributed by atoms with Gasteiger partial charge in [0.05, 0.1) is 10.5 Å². The summed E-state index contributed by atoms with van der Waals surface area (Å²) in [4.78, 5) is 14.9. The molecule has 6 nitrogen and oxygen atoms in total. The number of aromatic hydroxyl groups is 1. The van der Waals surface area contributed by atoms with Gasteiger partial charge in [0.25, 0.3) is 15.9 Å². The number of nitrogens with one attached hydrogen (secondary N) is 1. The van der Waals surface area contributed by atoms with Crippen molar-refractivity contribution in [3.63, 3.8) is 0 Å². The minimum Gasteiger partial charge on any atom is -0.507 e. The van der Waals surface area contributed by atoms with Crippen LogP contribution in [0.2, 0.25) is 5.02 Å². The summed E-state index contributed by atoms with van der Waals surface area (Å²) in [6, 6.07) is 4.33. The Morgan fingerprint density at radius 2 is 2.00 bits per heavy atom. The van der Waals surface area contributed by atoms with E-state index in [1.54, 1.807) is 6.07 Å². The number of sulfonamides is 1. The maximum Gasteiger partial charge on any atom is 0.265 e. The van der Waals surface area contributed by atoms with E-state index in [2.05, 4.69) is 4.98 Å². The minimum atomic E-state index is -3.94. The van der Waals surface area contributed by atoms with Crippen molar-refractivity contribution in [3.05, 3.63) is 41.1 Å². The van der Waals surface area contributed by atoms with Crippen molar-refractivity contribution in [3.8, 4) is 5.75 Å². The number of phenols is 1. The fraction of sp³-hybridized carbons (Fsp3) is 0.